The summed E-state index contributed by atoms with van der Waals surface area (Å²) in [6.45, 7) is 0.803. The van der Waals surface area contributed by atoms with Crippen molar-refractivity contribution in [2.75, 3.05) is 13.7 Å². The van der Waals surface area contributed by atoms with E-state index in [0.29, 0.717) is 0 Å². The number of hydroxylamine groups is 2. The lowest BCUT2D eigenvalue weighted by Gasteiger charge is -2.21. The van der Waals surface area contributed by atoms with Gasteiger partial charge in [-0.3, -0.25) is 9.90 Å². The number of rotatable bonds is 2. The second-order valence-corrected chi connectivity index (χ2v) is 3.16. The molecule has 1 aromatic rings. The molecule has 0 aromatic heterocycles. The maximum absolute atomic E-state index is 5.15. The van der Waals surface area contributed by atoms with Gasteiger partial charge in [-0.25, -0.2) is 0 Å². The number of benzene rings is 1. The van der Waals surface area contributed by atoms with Gasteiger partial charge in [-0.2, -0.15) is 0 Å². The highest BCUT2D eigenvalue weighted by Crippen LogP contribution is 2.18. The molecule has 0 aliphatic carbocycles. The Balaban J connectivity index is 2.21. The summed E-state index contributed by atoms with van der Waals surface area (Å²) in [6.07, 6.45) is 6.03. The molecule has 72 valence electrons. The van der Waals surface area contributed by atoms with Crippen molar-refractivity contribution in [3.05, 3.63) is 54.2 Å². The topological polar surface area (TPSA) is 12.5 Å². The quantitative estimate of drug-likeness (QED) is 0.705. The molecule has 1 aliphatic heterocycles. The SMILES string of the molecule is CON1C=CC=C(c2ccccc2)C1. The van der Waals surface area contributed by atoms with Crippen LogP contribution in [0, 0.1) is 0 Å². The van der Waals surface area contributed by atoms with Crippen LogP contribution in [0.3, 0.4) is 0 Å². The molecule has 0 amide bonds. The van der Waals surface area contributed by atoms with E-state index in [1.54, 1.807) is 7.11 Å². The minimum Gasteiger partial charge on any atom is -0.277 e. The molecule has 0 N–H and O–H groups in total. The molecule has 2 heteroatoms. The normalized spacial score (nSPS) is 15.5. The molecule has 0 bridgehead atoms. The summed E-state index contributed by atoms with van der Waals surface area (Å²) in [5.41, 5.74) is 2.52. The first kappa shape index (κ1) is 9.03. The Morgan fingerprint density at radius 3 is 2.71 bits per heavy atom. The summed E-state index contributed by atoms with van der Waals surface area (Å²) in [7, 11) is 1.68. The molecule has 14 heavy (non-hydrogen) atoms. The third kappa shape index (κ3) is 1.86. The van der Waals surface area contributed by atoms with Crippen LogP contribution >= 0.6 is 0 Å². The Morgan fingerprint density at radius 1 is 1.21 bits per heavy atom. The Morgan fingerprint density at radius 2 is 2.00 bits per heavy atom. The fourth-order valence-electron chi connectivity index (χ4n) is 1.49. The fraction of sp³-hybridized carbons (Fsp3) is 0.167. The van der Waals surface area contributed by atoms with E-state index in [1.807, 2.05) is 35.5 Å². The molecule has 0 radical (unpaired) electrons. The monoisotopic (exact) mass is 187 g/mol. The van der Waals surface area contributed by atoms with Gasteiger partial charge in [0, 0.05) is 6.20 Å². The van der Waals surface area contributed by atoms with E-state index in [4.69, 9.17) is 4.84 Å². The van der Waals surface area contributed by atoms with Crippen molar-refractivity contribution in [2.45, 2.75) is 0 Å². The number of hydrogen-bond acceptors (Lipinski definition) is 2. The molecule has 1 aliphatic rings. The highest BCUT2D eigenvalue weighted by Gasteiger charge is 2.07. The maximum Gasteiger partial charge on any atom is 0.0705 e. The number of nitrogens with zero attached hydrogens (tertiary/aromatic N) is 1. The largest absolute Gasteiger partial charge is 0.277 e. The summed E-state index contributed by atoms with van der Waals surface area (Å²) in [5, 5.41) is 1.81. The van der Waals surface area contributed by atoms with Crippen LogP contribution in [-0.4, -0.2) is 18.7 Å². The summed E-state index contributed by atoms with van der Waals surface area (Å²) in [6, 6.07) is 10.3. The molecule has 0 fully saturated rings. The zero-order valence-electron chi connectivity index (χ0n) is 8.18. The van der Waals surface area contributed by atoms with E-state index in [1.165, 1.54) is 11.1 Å². The first-order chi connectivity index (χ1) is 6.90. The molecular formula is C12H13NO. The van der Waals surface area contributed by atoms with Crippen molar-refractivity contribution in [1.29, 1.82) is 0 Å². The van der Waals surface area contributed by atoms with Crippen molar-refractivity contribution in [1.82, 2.24) is 5.06 Å². The van der Waals surface area contributed by atoms with Gasteiger partial charge in [0.15, 0.2) is 0 Å². The van der Waals surface area contributed by atoms with Crippen LogP contribution in [0.1, 0.15) is 5.56 Å². The van der Waals surface area contributed by atoms with E-state index in [9.17, 15) is 0 Å². The molecule has 2 nitrogen and oxygen atoms in total. The van der Waals surface area contributed by atoms with Crippen molar-refractivity contribution < 1.29 is 4.84 Å². The molecule has 0 atom stereocenters. The van der Waals surface area contributed by atoms with Gasteiger partial charge in [0.2, 0.25) is 0 Å². The number of hydrogen-bond donors (Lipinski definition) is 0. The van der Waals surface area contributed by atoms with Gasteiger partial charge in [-0.15, -0.1) is 0 Å². The maximum atomic E-state index is 5.15. The average Bonchev–Trinajstić information content (AvgIpc) is 2.30. The van der Waals surface area contributed by atoms with E-state index < -0.39 is 0 Å². The fourth-order valence-corrected chi connectivity index (χ4v) is 1.49. The van der Waals surface area contributed by atoms with Crippen LogP contribution in [0.5, 0.6) is 0 Å². The molecule has 2 rings (SSSR count). The Hall–Kier alpha value is -1.54. The molecule has 0 saturated carbocycles. The summed E-state index contributed by atoms with van der Waals surface area (Å²) in [5.74, 6) is 0. The molecule has 0 unspecified atom stereocenters. The minimum atomic E-state index is 0.803. The minimum absolute atomic E-state index is 0.803. The van der Waals surface area contributed by atoms with Gasteiger partial charge < -0.3 is 0 Å². The predicted octanol–water partition coefficient (Wildman–Crippen LogP) is 2.46. The first-order valence-corrected chi connectivity index (χ1v) is 4.63. The van der Waals surface area contributed by atoms with Crippen molar-refractivity contribution in [3.63, 3.8) is 0 Å². The van der Waals surface area contributed by atoms with Crippen molar-refractivity contribution in [2.24, 2.45) is 0 Å². The first-order valence-electron chi connectivity index (χ1n) is 4.63. The molecular weight excluding hydrogens is 174 g/mol. The zero-order chi connectivity index (χ0) is 9.80. The van der Waals surface area contributed by atoms with Gasteiger partial charge in [-0.05, 0) is 17.2 Å². The van der Waals surface area contributed by atoms with Crippen molar-refractivity contribution >= 4 is 5.57 Å². The van der Waals surface area contributed by atoms with E-state index >= 15 is 0 Å². The molecule has 0 saturated heterocycles. The van der Waals surface area contributed by atoms with Crippen molar-refractivity contribution in [3.8, 4) is 0 Å². The van der Waals surface area contributed by atoms with Gasteiger partial charge in [0.25, 0.3) is 0 Å². The molecule has 0 spiro atoms. The second-order valence-electron chi connectivity index (χ2n) is 3.16. The van der Waals surface area contributed by atoms with E-state index in [2.05, 4.69) is 18.2 Å². The van der Waals surface area contributed by atoms with E-state index in [0.717, 1.165) is 6.54 Å². The lowest BCUT2D eigenvalue weighted by atomic mass is 10.0. The third-order valence-corrected chi connectivity index (χ3v) is 2.26. The molecule has 1 heterocycles. The van der Waals surface area contributed by atoms with Gasteiger partial charge >= 0.3 is 0 Å². The highest BCUT2D eigenvalue weighted by atomic mass is 16.7. The predicted molar refractivity (Wildman–Crippen MR) is 57.3 cm³/mol. The van der Waals surface area contributed by atoms with Crippen LogP contribution in [0.2, 0.25) is 0 Å². The smallest absolute Gasteiger partial charge is 0.0705 e. The standard InChI is InChI=1S/C12H13NO/c1-14-13-9-5-8-12(10-13)11-6-3-2-4-7-11/h2-9H,10H2,1H3. The average molecular weight is 187 g/mol. The summed E-state index contributed by atoms with van der Waals surface area (Å²) < 4.78 is 0. The Labute approximate surface area is 84.1 Å². The van der Waals surface area contributed by atoms with Gasteiger partial charge in [0.05, 0.1) is 13.7 Å². The zero-order valence-corrected chi connectivity index (χ0v) is 8.18. The van der Waals surface area contributed by atoms with Gasteiger partial charge in [-0.1, -0.05) is 36.4 Å². The number of allylic oxidation sites excluding steroid dienone is 2. The van der Waals surface area contributed by atoms with E-state index in [-0.39, 0.29) is 0 Å². The van der Waals surface area contributed by atoms with Crippen LogP contribution < -0.4 is 0 Å². The van der Waals surface area contributed by atoms with Gasteiger partial charge in [0.1, 0.15) is 0 Å². The lowest BCUT2D eigenvalue weighted by molar-refractivity contribution is -0.0770. The van der Waals surface area contributed by atoms with Crippen LogP contribution in [0.25, 0.3) is 5.57 Å². The van der Waals surface area contributed by atoms with Crippen LogP contribution in [-0.2, 0) is 4.84 Å². The summed E-state index contributed by atoms with van der Waals surface area (Å²) in [4.78, 5) is 5.15. The Kier molecular flexibility index (Phi) is 2.65. The second kappa shape index (κ2) is 4.11. The van der Waals surface area contributed by atoms with Crippen LogP contribution in [0.15, 0.2) is 48.7 Å². The highest BCUT2D eigenvalue weighted by molar-refractivity contribution is 5.69. The third-order valence-electron chi connectivity index (χ3n) is 2.26. The summed E-state index contributed by atoms with van der Waals surface area (Å²) >= 11 is 0. The Bertz CT molecular complexity index is 354. The lowest BCUT2D eigenvalue weighted by Crippen LogP contribution is -2.19. The van der Waals surface area contributed by atoms with Crippen LogP contribution in [0.4, 0.5) is 0 Å². The molecule has 1 aromatic carbocycles.